The number of aromatic nitrogens is 1. The molecule has 0 saturated carbocycles. The highest BCUT2D eigenvalue weighted by molar-refractivity contribution is 9.10. The quantitative estimate of drug-likeness (QED) is 0.871. The number of benzene rings is 1. The molecule has 1 atom stereocenters. The predicted molar refractivity (Wildman–Crippen MR) is 81.4 cm³/mol. The molecule has 0 fully saturated rings. The molecule has 0 saturated heterocycles. The minimum Gasteiger partial charge on any atom is -0.467 e. The van der Waals surface area contributed by atoms with Crippen LogP contribution >= 0.6 is 15.9 Å². The van der Waals surface area contributed by atoms with E-state index >= 15 is 0 Å². The van der Waals surface area contributed by atoms with Crippen molar-refractivity contribution in [3.63, 3.8) is 0 Å². The summed E-state index contributed by atoms with van der Waals surface area (Å²) in [5.41, 5.74) is 0.541. The molecular weight excluding hydrogens is 320 g/mol. The number of rotatable bonds is 4. The van der Waals surface area contributed by atoms with Crippen LogP contribution in [0.4, 0.5) is 5.69 Å². The molecule has 1 unspecified atom stereocenters. The summed E-state index contributed by atoms with van der Waals surface area (Å²) in [6.07, 6.45) is 3.32. The Labute approximate surface area is 126 Å². The summed E-state index contributed by atoms with van der Waals surface area (Å²) >= 11 is 3.46. The summed E-state index contributed by atoms with van der Waals surface area (Å²) in [6.45, 7) is 1.77. The Kier molecular flexibility index (Phi) is 4.39. The van der Waals surface area contributed by atoms with Crippen LogP contribution in [0.25, 0.3) is 0 Å². The number of pyridine rings is 1. The Hall–Kier alpha value is -1.88. The van der Waals surface area contributed by atoms with Crippen LogP contribution in [0.5, 0.6) is 0 Å². The van der Waals surface area contributed by atoms with Crippen LogP contribution in [0, 0.1) is 0 Å². The van der Waals surface area contributed by atoms with Crippen LogP contribution in [0.1, 0.15) is 12.5 Å². The van der Waals surface area contributed by atoms with Crippen molar-refractivity contribution in [3.05, 3.63) is 58.8 Å². The van der Waals surface area contributed by atoms with Gasteiger partial charge in [0.2, 0.25) is 0 Å². The number of carbonyl (C=O) groups excluding carboxylic acids is 1. The molecule has 0 aliphatic carbocycles. The lowest BCUT2D eigenvalue weighted by atomic mass is 9.93. The highest BCUT2D eigenvalue weighted by atomic mass is 79.9. The molecule has 2 rings (SSSR count). The molecule has 0 spiro atoms. The molecule has 0 bridgehead atoms. The van der Waals surface area contributed by atoms with Gasteiger partial charge in [0, 0.05) is 28.1 Å². The fourth-order valence-electron chi connectivity index (χ4n) is 1.94. The first-order valence-electron chi connectivity index (χ1n) is 6.09. The standard InChI is InChI=1S/C15H15BrN2O2/c1-15(14(19)20-2,11-6-5-9-17-10-11)18-13-8-4-3-7-12(13)16/h3-10,18H,1-2H3. The molecule has 1 aromatic carbocycles. The van der Waals surface area contributed by atoms with E-state index in [1.807, 2.05) is 30.3 Å². The Morgan fingerprint density at radius 3 is 2.65 bits per heavy atom. The third kappa shape index (κ3) is 2.82. The Balaban J connectivity index is 2.44. The van der Waals surface area contributed by atoms with Crippen LogP contribution in [0.2, 0.25) is 0 Å². The maximum absolute atomic E-state index is 12.2. The second-order valence-corrected chi connectivity index (χ2v) is 5.32. The predicted octanol–water partition coefficient (Wildman–Crippen LogP) is 3.34. The van der Waals surface area contributed by atoms with Crippen molar-refractivity contribution in [2.75, 3.05) is 12.4 Å². The van der Waals surface area contributed by atoms with Crippen molar-refractivity contribution < 1.29 is 9.53 Å². The SMILES string of the molecule is COC(=O)C(C)(Nc1ccccc1Br)c1cccnc1. The minimum atomic E-state index is -1.01. The number of halogens is 1. The fourth-order valence-corrected chi connectivity index (χ4v) is 2.32. The summed E-state index contributed by atoms with van der Waals surface area (Å²) in [6, 6.07) is 11.2. The largest absolute Gasteiger partial charge is 0.467 e. The molecule has 0 aliphatic rings. The van der Waals surface area contributed by atoms with Gasteiger partial charge in [0.05, 0.1) is 7.11 Å². The number of methoxy groups -OCH3 is 1. The highest BCUT2D eigenvalue weighted by Crippen LogP contribution is 2.31. The molecule has 4 nitrogen and oxygen atoms in total. The van der Waals surface area contributed by atoms with Gasteiger partial charge in [-0.05, 0) is 41.1 Å². The van der Waals surface area contributed by atoms with Crippen molar-refractivity contribution >= 4 is 27.6 Å². The van der Waals surface area contributed by atoms with Gasteiger partial charge >= 0.3 is 5.97 Å². The van der Waals surface area contributed by atoms with Crippen molar-refractivity contribution in [1.29, 1.82) is 0 Å². The molecule has 1 aromatic heterocycles. The smallest absolute Gasteiger partial charge is 0.335 e. The number of esters is 1. The first-order chi connectivity index (χ1) is 9.58. The normalized spacial score (nSPS) is 13.3. The molecule has 0 amide bonds. The van der Waals surface area contributed by atoms with E-state index in [9.17, 15) is 4.79 Å². The first kappa shape index (κ1) is 14.5. The maximum atomic E-state index is 12.2. The molecule has 1 N–H and O–H groups in total. The molecule has 1 heterocycles. The van der Waals surface area contributed by atoms with Gasteiger partial charge in [-0.3, -0.25) is 4.98 Å². The van der Waals surface area contributed by atoms with Crippen LogP contribution in [0.15, 0.2) is 53.3 Å². The maximum Gasteiger partial charge on any atom is 0.335 e. The number of anilines is 1. The summed E-state index contributed by atoms with van der Waals surface area (Å²) in [5, 5.41) is 3.23. The zero-order valence-corrected chi connectivity index (χ0v) is 12.8. The molecule has 5 heteroatoms. The van der Waals surface area contributed by atoms with Gasteiger partial charge in [-0.15, -0.1) is 0 Å². The van der Waals surface area contributed by atoms with Crippen LogP contribution in [0.3, 0.4) is 0 Å². The number of nitrogens with zero attached hydrogens (tertiary/aromatic N) is 1. The lowest BCUT2D eigenvalue weighted by Crippen LogP contribution is -2.41. The summed E-state index contributed by atoms with van der Waals surface area (Å²) in [5.74, 6) is -0.374. The van der Waals surface area contributed by atoms with Crippen molar-refractivity contribution in [2.24, 2.45) is 0 Å². The van der Waals surface area contributed by atoms with Gasteiger partial charge in [0.25, 0.3) is 0 Å². The lowest BCUT2D eigenvalue weighted by Gasteiger charge is -2.29. The van der Waals surface area contributed by atoms with Gasteiger partial charge in [-0.2, -0.15) is 0 Å². The van der Waals surface area contributed by atoms with Gasteiger partial charge in [0.1, 0.15) is 0 Å². The summed E-state index contributed by atoms with van der Waals surface area (Å²) in [4.78, 5) is 16.3. The summed E-state index contributed by atoms with van der Waals surface area (Å²) in [7, 11) is 1.37. The van der Waals surface area contributed by atoms with Crippen molar-refractivity contribution in [2.45, 2.75) is 12.5 Å². The number of ether oxygens (including phenoxy) is 1. The Bertz CT molecular complexity index is 604. The van der Waals surface area contributed by atoms with Gasteiger partial charge in [-0.1, -0.05) is 18.2 Å². The minimum absolute atomic E-state index is 0.374. The molecule has 20 heavy (non-hydrogen) atoms. The number of hydrogen-bond donors (Lipinski definition) is 1. The Morgan fingerprint density at radius 1 is 1.30 bits per heavy atom. The lowest BCUT2D eigenvalue weighted by molar-refractivity contribution is -0.145. The van der Waals surface area contributed by atoms with E-state index in [1.165, 1.54) is 7.11 Å². The highest BCUT2D eigenvalue weighted by Gasteiger charge is 2.37. The van der Waals surface area contributed by atoms with Crippen molar-refractivity contribution in [1.82, 2.24) is 4.98 Å². The fraction of sp³-hybridized carbons (Fsp3) is 0.200. The first-order valence-corrected chi connectivity index (χ1v) is 6.89. The van der Waals surface area contributed by atoms with E-state index in [4.69, 9.17) is 4.74 Å². The van der Waals surface area contributed by atoms with E-state index in [1.54, 1.807) is 25.4 Å². The average molecular weight is 335 g/mol. The third-order valence-electron chi connectivity index (χ3n) is 3.09. The Morgan fingerprint density at radius 2 is 2.05 bits per heavy atom. The zero-order valence-electron chi connectivity index (χ0n) is 11.3. The van der Waals surface area contributed by atoms with Crippen LogP contribution in [-0.2, 0) is 15.1 Å². The second-order valence-electron chi connectivity index (χ2n) is 4.46. The number of nitrogens with one attached hydrogen (secondary N) is 1. The monoisotopic (exact) mass is 334 g/mol. The zero-order chi connectivity index (χ0) is 14.6. The average Bonchev–Trinajstić information content (AvgIpc) is 2.49. The van der Waals surface area contributed by atoms with Crippen molar-refractivity contribution in [3.8, 4) is 0 Å². The molecule has 0 radical (unpaired) electrons. The van der Waals surface area contributed by atoms with Gasteiger partial charge in [-0.25, -0.2) is 4.79 Å². The topological polar surface area (TPSA) is 51.2 Å². The van der Waals surface area contributed by atoms with E-state index in [2.05, 4.69) is 26.2 Å². The van der Waals surface area contributed by atoms with E-state index in [0.717, 1.165) is 15.7 Å². The van der Waals surface area contributed by atoms with Gasteiger partial charge in [0.15, 0.2) is 5.54 Å². The van der Waals surface area contributed by atoms with E-state index in [0.29, 0.717) is 0 Å². The molecule has 0 aliphatic heterocycles. The van der Waals surface area contributed by atoms with E-state index in [-0.39, 0.29) is 5.97 Å². The molecule has 104 valence electrons. The van der Waals surface area contributed by atoms with Crippen LogP contribution < -0.4 is 5.32 Å². The number of hydrogen-bond acceptors (Lipinski definition) is 4. The number of para-hydroxylation sites is 1. The van der Waals surface area contributed by atoms with Crippen LogP contribution in [-0.4, -0.2) is 18.1 Å². The molecule has 2 aromatic rings. The van der Waals surface area contributed by atoms with E-state index < -0.39 is 5.54 Å². The van der Waals surface area contributed by atoms with Gasteiger partial charge < -0.3 is 10.1 Å². The molecular formula is C15H15BrN2O2. The number of carbonyl (C=O) groups is 1. The third-order valence-corrected chi connectivity index (χ3v) is 3.78. The second kappa shape index (κ2) is 6.05. The summed E-state index contributed by atoms with van der Waals surface area (Å²) < 4.78 is 5.81.